The summed E-state index contributed by atoms with van der Waals surface area (Å²) in [6.07, 6.45) is 52.4. The topological polar surface area (TPSA) is 102 Å². The molecular weight excluding hydrogens is 751 g/mol. The van der Waals surface area contributed by atoms with Crippen molar-refractivity contribution >= 4 is 17.9 Å². The van der Waals surface area contributed by atoms with E-state index < -0.39 is 18.1 Å². The second kappa shape index (κ2) is 42.7. The number of unbranched alkanes of at least 4 members (excludes halogenated alkanes) is 19. The molecule has 60 heavy (non-hydrogen) atoms. The summed E-state index contributed by atoms with van der Waals surface area (Å²) >= 11 is 0. The molecule has 0 N–H and O–H groups in total. The van der Waals surface area contributed by atoms with Gasteiger partial charge in [0, 0.05) is 19.3 Å². The zero-order valence-corrected chi connectivity index (χ0v) is 39.4. The highest BCUT2D eigenvalue weighted by Crippen LogP contribution is 2.15. The fourth-order valence-electron chi connectivity index (χ4n) is 6.92. The van der Waals surface area contributed by atoms with Crippen molar-refractivity contribution in [2.45, 2.75) is 212 Å². The SMILES string of the molecule is CC/C=C/C/C=C/C/C=C/C/C=C/C/C=C/CCCCCCCCCC(=O)OC(COCCC(C(=O)[O-])[N+](C)(C)C)COC(=O)CCCCCCCCCCCCCCC. The first kappa shape index (κ1) is 57.0. The van der Waals surface area contributed by atoms with Crippen LogP contribution >= 0.6 is 0 Å². The van der Waals surface area contributed by atoms with Crippen LogP contribution in [0.4, 0.5) is 0 Å². The molecular formula is C52H91NO7. The summed E-state index contributed by atoms with van der Waals surface area (Å²) in [7, 11) is 5.41. The number of hydrogen-bond acceptors (Lipinski definition) is 7. The third kappa shape index (κ3) is 40.4. The Hall–Kier alpha value is -2.97. The van der Waals surface area contributed by atoms with Gasteiger partial charge in [0.25, 0.3) is 0 Å². The fourth-order valence-corrected chi connectivity index (χ4v) is 6.92. The van der Waals surface area contributed by atoms with Crippen molar-refractivity contribution in [2.24, 2.45) is 0 Å². The molecule has 0 saturated heterocycles. The third-order valence-corrected chi connectivity index (χ3v) is 10.7. The van der Waals surface area contributed by atoms with E-state index >= 15 is 0 Å². The first-order valence-electron chi connectivity index (χ1n) is 24.3. The average Bonchev–Trinajstić information content (AvgIpc) is 3.21. The Bertz CT molecular complexity index is 1170. The number of rotatable bonds is 43. The first-order chi connectivity index (χ1) is 29.1. The standard InChI is InChI=1S/C52H91NO7/c1-6-8-10-12-14-16-18-20-21-22-23-24-25-26-27-28-29-31-33-35-37-39-41-43-51(55)60-48(46-58-45-44-49(52(56)57)53(3,4)5)47-59-50(54)42-40-38-36-34-32-30-19-17-15-13-11-9-7-2/h8,10,14,16,20-21,23-24,26-27,48-49H,6-7,9,11-13,15,17-19,22,25,28-47H2,1-5H3/b10-8+,16-14+,21-20+,24-23+,27-26+. The highest BCUT2D eigenvalue weighted by atomic mass is 16.6. The van der Waals surface area contributed by atoms with Gasteiger partial charge in [0.05, 0.1) is 40.3 Å². The number of aliphatic carboxylic acids is 1. The Balaban J connectivity index is 4.28. The lowest BCUT2D eigenvalue weighted by molar-refractivity contribution is -0.889. The van der Waals surface area contributed by atoms with Crippen LogP contribution in [0, 0.1) is 0 Å². The largest absolute Gasteiger partial charge is 0.544 e. The second-order valence-corrected chi connectivity index (χ2v) is 17.3. The molecule has 0 amide bonds. The van der Waals surface area contributed by atoms with Crippen LogP contribution in [-0.4, -0.2) is 75.5 Å². The van der Waals surface area contributed by atoms with Gasteiger partial charge in [0.2, 0.25) is 0 Å². The number of ether oxygens (including phenoxy) is 3. The van der Waals surface area contributed by atoms with Crippen LogP contribution in [0.25, 0.3) is 0 Å². The minimum atomic E-state index is -1.13. The van der Waals surface area contributed by atoms with Crippen molar-refractivity contribution in [1.29, 1.82) is 0 Å². The molecule has 8 heteroatoms. The lowest BCUT2D eigenvalue weighted by Gasteiger charge is -2.34. The average molecular weight is 842 g/mol. The van der Waals surface area contributed by atoms with Gasteiger partial charge in [-0.1, -0.05) is 184 Å². The number of esters is 2. The number of nitrogens with zero attached hydrogens (tertiary/aromatic N) is 1. The molecule has 2 atom stereocenters. The quantitative estimate of drug-likeness (QED) is 0.0261. The van der Waals surface area contributed by atoms with Gasteiger partial charge in [-0.05, 0) is 57.8 Å². The summed E-state index contributed by atoms with van der Waals surface area (Å²) in [6, 6.07) is -0.729. The molecule has 0 saturated carbocycles. The molecule has 0 aliphatic heterocycles. The van der Waals surface area contributed by atoms with E-state index in [9.17, 15) is 19.5 Å². The van der Waals surface area contributed by atoms with Crippen molar-refractivity contribution in [1.82, 2.24) is 0 Å². The van der Waals surface area contributed by atoms with E-state index in [0.29, 0.717) is 12.8 Å². The van der Waals surface area contributed by atoms with Gasteiger partial charge < -0.3 is 28.6 Å². The first-order valence-corrected chi connectivity index (χ1v) is 24.3. The Morgan fingerprint density at radius 3 is 1.38 bits per heavy atom. The monoisotopic (exact) mass is 842 g/mol. The van der Waals surface area contributed by atoms with Crippen molar-refractivity contribution in [3.05, 3.63) is 60.8 Å². The molecule has 0 aliphatic rings. The van der Waals surface area contributed by atoms with E-state index in [2.05, 4.69) is 74.6 Å². The van der Waals surface area contributed by atoms with Crippen molar-refractivity contribution in [3.8, 4) is 0 Å². The van der Waals surface area contributed by atoms with Crippen LogP contribution < -0.4 is 5.11 Å². The van der Waals surface area contributed by atoms with Crippen LogP contribution in [0.1, 0.15) is 200 Å². The van der Waals surface area contributed by atoms with Gasteiger partial charge in [-0.2, -0.15) is 0 Å². The predicted molar refractivity (Wildman–Crippen MR) is 249 cm³/mol. The number of carbonyl (C=O) groups is 3. The minimum absolute atomic E-state index is 0.0360. The number of hydrogen-bond donors (Lipinski definition) is 0. The number of carboxylic acid groups (broad SMARTS) is 1. The zero-order valence-electron chi connectivity index (χ0n) is 39.4. The van der Waals surface area contributed by atoms with Crippen LogP contribution in [-0.2, 0) is 28.6 Å². The zero-order chi connectivity index (χ0) is 44.2. The Kier molecular flexibility index (Phi) is 40.6. The van der Waals surface area contributed by atoms with Crippen molar-refractivity contribution in [3.63, 3.8) is 0 Å². The van der Waals surface area contributed by atoms with Crippen molar-refractivity contribution in [2.75, 3.05) is 41.0 Å². The summed E-state index contributed by atoms with van der Waals surface area (Å²) in [4.78, 5) is 36.9. The molecule has 0 aromatic heterocycles. The van der Waals surface area contributed by atoms with Gasteiger partial charge in [0.15, 0.2) is 6.10 Å². The number of carbonyl (C=O) groups excluding carboxylic acids is 3. The molecule has 0 radical (unpaired) electrons. The lowest BCUT2D eigenvalue weighted by Crippen LogP contribution is -2.55. The number of carboxylic acids is 1. The Morgan fingerprint density at radius 1 is 0.517 bits per heavy atom. The van der Waals surface area contributed by atoms with Gasteiger partial charge in [-0.3, -0.25) is 9.59 Å². The maximum absolute atomic E-state index is 12.8. The molecule has 0 rings (SSSR count). The van der Waals surface area contributed by atoms with Gasteiger partial charge in [-0.15, -0.1) is 0 Å². The van der Waals surface area contributed by atoms with E-state index in [0.717, 1.165) is 83.5 Å². The molecule has 0 aromatic rings. The molecule has 0 bridgehead atoms. The van der Waals surface area contributed by atoms with E-state index in [-0.39, 0.29) is 42.7 Å². The summed E-state index contributed by atoms with van der Waals surface area (Å²) < 4.78 is 17.2. The molecule has 346 valence electrons. The molecule has 0 aliphatic carbocycles. The third-order valence-electron chi connectivity index (χ3n) is 10.7. The summed E-state index contributed by atoms with van der Waals surface area (Å²) in [5.74, 6) is -1.75. The molecule has 0 spiro atoms. The van der Waals surface area contributed by atoms with Crippen LogP contribution in [0.15, 0.2) is 60.8 Å². The van der Waals surface area contributed by atoms with E-state index in [1.807, 2.05) is 0 Å². The second-order valence-electron chi connectivity index (χ2n) is 17.3. The van der Waals surface area contributed by atoms with Crippen LogP contribution in [0.2, 0.25) is 0 Å². The van der Waals surface area contributed by atoms with Crippen LogP contribution in [0.3, 0.4) is 0 Å². The molecule has 0 fully saturated rings. The normalized spacial score (nSPS) is 13.4. The number of quaternary nitrogens is 1. The summed E-state index contributed by atoms with van der Waals surface area (Å²) in [5, 5.41) is 11.6. The van der Waals surface area contributed by atoms with Gasteiger partial charge in [0.1, 0.15) is 12.6 Å². The predicted octanol–water partition coefficient (Wildman–Crippen LogP) is 12.4. The number of likely N-dealkylation sites (N-methyl/N-ethyl adjacent to an activating group) is 1. The lowest BCUT2D eigenvalue weighted by atomic mass is 10.0. The van der Waals surface area contributed by atoms with Gasteiger partial charge >= 0.3 is 11.9 Å². The summed E-state index contributed by atoms with van der Waals surface area (Å²) in [6.45, 7) is 4.54. The van der Waals surface area contributed by atoms with E-state index in [1.54, 1.807) is 21.1 Å². The highest BCUT2D eigenvalue weighted by Gasteiger charge is 2.25. The maximum Gasteiger partial charge on any atom is 0.306 e. The minimum Gasteiger partial charge on any atom is -0.544 e. The Morgan fingerprint density at radius 2 is 0.933 bits per heavy atom. The molecule has 0 heterocycles. The number of allylic oxidation sites excluding steroid dienone is 10. The van der Waals surface area contributed by atoms with E-state index in [4.69, 9.17) is 14.2 Å². The smallest absolute Gasteiger partial charge is 0.306 e. The molecule has 2 unspecified atom stereocenters. The van der Waals surface area contributed by atoms with E-state index in [1.165, 1.54) is 83.5 Å². The molecule has 0 aromatic carbocycles. The van der Waals surface area contributed by atoms with Crippen LogP contribution in [0.5, 0.6) is 0 Å². The fraction of sp³-hybridized carbons (Fsp3) is 0.750. The highest BCUT2D eigenvalue weighted by molar-refractivity contribution is 5.70. The maximum atomic E-state index is 12.8. The Labute approximate surface area is 368 Å². The van der Waals surface area contributed by atoms with Gasteiger partial charge in [-0.25, -0.2) is 0 Å². The molecule has 8 nitrogen and oxygen atoms in total. The van der Waals surface area contributed by atoms with Crippen molar-refractivity contribution < 1.29 is 38.2 Å². The summed E-state index contributed by atoms with van der Waals surface area (Å²) in [5.41, 5.74) is 0.